The Kier molecular flexibility index (Phi) is 7.50. The number of amides is 1. The number of carbonyl (C=O) groups excluding carboxylic acids is 1. The van der Waals surface area contributed by atoms with E-state index in [9.17, 15) is 13.2 Å². The first-order valence-corrected chi connectivity index (χ1v) is 15.2. The Morgan fingerprint density at radius 3 is 2.56 bits per heavy atom. The fourth-order valence-corrected chi connectivity index (χ4v) is 7.72. The molecule has 0 saturated carbocycles. The molecule has 0 spiro atoms. The molecule has 2 saturated heterocycles. The number of H-pyrrole nitrogens is 1. The van der Waals surface area contributed by atoms with Crippen LogP contribution in [0.1, 0.15) is 41.1 Å². The normalized spacial score (nSPS) is 19.2. The van der Waals surface area contributed by atoms with Crippen LogP contribution in [0.15, 0.2) is 35.8 Å². The number of hydrogen-bond donors (Lipinski definition) is 2. The van der Waals surface area contributed by atoms with Crippen LogP contribution in [0.4, 0.5) is 0 Å². The van der Waals surface area contributed by atoms with Crippen molar-refractivity contribution in [2.75, 3.05) is 58.6 Å². The van der Waals surface area contributed by atoms with Crippen LogP contribution in [0.5, 0.6) is 0 Å². The summed E-state index contributed by atoms with van der Waals surface area (Å²) in [5, 5.41) is 3.02. The number of likely N-dealkylation sites (N-methyl/N-ethyl adjacent to an activating group) is 1. The average molecular weight is 530 g/mol. The number of piperidine rings is 1. The second-order valence-electron chi connectivity index (χ2n) is 10.0. The predicted molar refractivity (Wildman–Crippen MR) is 146 cm³/mol. The molecular weight excluding hydrogens is 494 g/mol. The number of hydrogen-bond acceptors (Lipinski definition) is 6. The summed E-state index contributed by atoms with van der Waals surface area (Å²) in [7, 11) is -1.13. The summed E-state index contributed by atoms with van der Waals surface area (Å²) < 4.78 is 27.7. The largest absolute Gasteiger partial charge is 0.366 e. The lowest BCUT2D eigenvalue weighted by Crippen LogP contribution is -2.45. The number of fused-ring (bicyclic) bond motifs is 1. The topological polar surface area (TPSA) is 103 Å². The molecule has 3 N–H and O–H groups in total. The van der Waals surface area contributed by atoms with Crippen LogP contribution < -0.4 is 5.73 Å². The number of aromatic amines is 1. The van der Waals surface area contributed by atoms with Crippen molar-refractivity contribution >= 4 is 38.2 Å². The third-order valence-corrected chi connectivity index (χ3v) is 10.5. The second kappa shape index (κ2) is 10.6. The maximum Gasteiger partial charge on any atom is 0.250 e. The number of thiophene rings is 1. The molecule has 5 rings (SSSR count). The van der Waals surface area contributed by atoms with Gasteiger partial charge >= 0.3 is 0 Å². The molecule has 0 radical (unpaired) electrons. The smallest absolute Gasteiger partial charge is 0.250 e. The molecule has 0 atom stereocenters. The second-order valence-corrected chi connectivity index (χ2v) is 13.1. The fraction of sp³-hybridized carbons (Fsp3) is 0.500. The third-order valence-electron chi connectivity index (χ3n) is 7.65. The van der Waals surface area contributed by atoms with E-state index in [-0.39, 0.29) is 11.7 Å². The molecule has 1 aromatic carbocycles. The van der Waals surface area contributed by atoms with Crippen molar-refractivity contribution in [3.05, 3.63) is 47.0 Å². The Morgan fingerprint density at radius 2 is 1.89 bits per heavy atom. The van der Waals surface area contributed by atoms with Gasteiger partial charge in [0.2, 0.25) is 10.0 Å². The van der Waals surface area contributed by atoms with Gasteiger partial charge in [0.15, 0.2) is 0 Å². The van der Waals surface area contributed by atoms with Crippen molar-refractivity contribution in [2.45, 2.75) is 25.2 Å². The number of nitrogens with two attached hydrogens (primary N) is 1. The van der Waals surface area contributed by atoms with Crippen LogP contribution in [-0.4, -0.2) is 92.0 Å². The molecule has 8 nitrogen and oxygen atoms in total. The Balaban J connectivity index is 1.25. The Labute approximate surface area is 217 Å². The number of sulfonamides is 1. The van der Waals surface area contributed by atoms with Crippen LogP contribution in [0.25, 0.3) is 21.3 Å². The standard InChI is InChI=1S/C26H35N5O3S2/c1-29-10-12-30(13-11-29)7-3-15-36(33,34)31-8-5-19(6-9-31)23-18-28-25-21(23)16-20(17-22(25)26(27)32)24-4-2-14-35-24/h2,4,14,16-19,28H,3,5-13,15H2,1H3,(H2,27,32). The number of primary amides is 1. The van der Waals surface area contributed by atoms with Crippen LogP contribution >= 0.6 is 11.3 Å². The number of rotatable bonds is 8. The summed E-state index contributed by atoms with van der Waals surface area (Å²) in [6.07, 6.45) is 4.18. The molecule has 0 unspecified atom stereocenters. The number of carbonyl (C=O) groups is 1. The van der Waals surface area contributed by atoms with Crippen LogP contribution in [0, 0.1) is 0 Å². The fourth-order valence-electron chi connectivity index (χ4n) is 5.49. The molecule has 2 aliphatic heterocycles. The maximum absolute atomic E-state index is 13.0. The van der Waals surface area contributed by atoms with Gasteiger partial charge in [-0.1, -0.05) is 6.07 Å². The molecule has 2 aromatic heterocycles. The first kappa shape index (κ1) is 25.4. The molecule has 194 valence electrons. The van der Waals surface area contributed by atoms with E-state index < -0.39 is 15.9 Å². The third kappa shape index (κ3) is 5.38. The number of piperazine rings is 1. The number of nitrogens with zero attached hydrogens (tertiary/aromatic N) is 3. The summed E-state index contributed by atoms with van der Waals surface area (Å²) >= 11 is 1.63. The van der Waals surface area contributed by atoms with Gasteiger partial charge in [0, 0.05) is 55.7 Å². The summed E-state index contributed by atoms with van der Waals surface area (Å²) in [5.74, 6) is -0.0115. The van der Waals surface area contributed by atoms with Crippen molar-refractivity contribution in [1.29, 1.82) is 0 Å². The van der Waals surface area contributed by atoms with Crippen molar-refractivity contribution in [1.82, 2.24) is 19.1 Å². The number of aromatic nitrogens is 1. The van der Waals surface area contributed by atoms with Gasteiger partial charge in [-0.15, -0.1) is 11.3 Å². The van der Waals surface area contributed by atoms with E-state index in [0.717, 1.165) is 72.5 Å². The Bertz CT molecular complexity index is 1300. The molecule has 2 aliphatic rings. The zero-order valence-electron chi connectivity index (χ0n) is 20.8. The minimum atomic E-state index is -3.26. The van der Waals surface area contributed by atoms with Crippen molar-refractivity contribution < 1.29 is 13.2 Å². The van der Waals surface area contributed by atoms with Gasteiger partial charge in [-0.2, -0.15) is 0 Å². The number of benzene rings is 1. The van der Waals surface area contributed by atoms with Gasteiger partial charge in [-0.05, 0) is 73.5 Å². The van der Waals surface area contributed by atoms with Gasteiger partial charge < -0.3 is 20.5 Å². The van der Waals surface area contributed by atoms with Gasteiger partial charge in [-0.25, -0.2) is 12.7 Å². The minimum absolute atomic E-state index is 0.212. The highest BCUT2D eigenvalue weighted by molar-refractivity contribution is 7.89. The van der Waals surface area contributed by atoms with Crippen LogP contribution in [0.3, 0.4) is 0 Å². The monoisotopic (exact) mass is 529 g/mol. The summed E-state index contributed by atoms with van der Waals surface area (Å²) in [4.78, 5) is 21.2. The summed E-state index contributed by atoms with van der Waals surface area (Å²) in [6, 6.07) is 8.01. The van der Waals surface area contributed by atoms with Gasteiger partial charge in [0.1, 0.15) is 0 Å². The molecule has 4 heterocycles. The first-order valence-electron chi connectivity index (χ1n) is 12.7. The van der Waals surface area contributed by atoms with Crippen molar-refractivity contribution in [3.8, 4) is 10.4 Å². The Morgan fingerprint density at radius 1 is 1.14 bits per heavy atom. The average Bonchev–Trinajstić information content (AvgIpc) is 3.55. The van der Waals surface area contributed by atoms with Gasteiger partial charge in [0.05, 0.1) is 16.8 Å². The van der Waals surface area contributed by atoms with Gasteiger partial charge in [0.25, 0.3) is 5.91 Å². The highest BCUT2D eigenvalue weighted by Crippen LogP contribution is 2.38. The van der Waals surface area contributed by atoms with Crippen molar-refractivity contribution in [2.24, 2.45) is 5.73 Å². The SMILES string of the molecule is CN1CCN(CCCS(=O)(=O)N2CCC(c3c[nH]c4c(C(N)=O)cc(-c5cccs5)cc34)CC2)CC1. The van der Waals surface area contributed by atoms with E-state index >= 15 is 0 Å². The molecule has 0 aliphatic carbocycles. The number of nitrogens with one attached hydrogen (secondary N) is 1. The van der Waals surface area contributed by atoms with E-state index in [1.807, 2.05) is 29.8 Å². The quantitative estimate of drug-likeness (QED) is 0.467. The lowest BCUT2D eigenvalue weighted by atomic mass is 9.89. The zero-order valence-corrected chi connectivity index (χ0v) is 22.4. The van der Waals surface area contributed by atoms with E-state index in [0.29, 0.717) is 25.1 Å². The van der Waals surface area contributed by atoms with Crippen LogP contribution in [-0.2, 0) is 10.0 Å². The lowest BCUT2D eigenvalue weighted by Gasteiger charge is -2.33. The molecule has 3 aromatic rings. The van der Waals surface area contributed by atoms with Crippen LogP contribution in [0.2, 0.25) is 0 Å². The highest BCUT2D eigenvalue weighted by atomic mass is 32.2. The molecule has 2 fully saturated rings. The summed E-state index contributed by atoms with van der Waals surface area (Å²) in [5.41, 5.74) is 9.08. The summed E-state index contributed by atoms with van der Waals surface area (Å²) in [6.45, 7) is 6.01. The lowest BCUT2D eigenvalue weighted by molar-refractivity contribution is 0.100. The molecule has 0 bridgehead atoms. The van der Waals surface area contributed by atoms with E-state index in [2.05, 4.69) is 27.9 Å². The van der Waals surface area contributed by atoms with E-state index in [1.54, 1.807) is 15.6 Å². The molecule has 36 heavy (non-hydrogen) atoms. The highest BCUT2D eigenvalue weighted by Gasteiger charge is 2.30. The molecule has 10 heteroatoms. The predicted octanol–water partition coefficient (Wildman–Crippen LogP) is 3.14. The Hall–Kier alpha value is -2.24. The zero-order chi connectivity index (χ0) is 25.3. The van der Waals surface area contributed by atoms with Gasteiger partial charge in [-0.3, -0.25) is 4.79 Å². The van der Waals surface area contributed by atoms with E-state index in [4.69, 9.17) is 5.73 Å². The first-order chi connectivity index (χ1) is 17.3. The minimum Gasteiger partial charge on any atom is -0.366 e. The molecular formula is C26H35N5O3S2. The van der Waals surface area contributed by atoms with E-state index in [1.165, 1.54) is 0 Å². The molecule has 1 amide bonds. The van der Waals surface area contributed by atoms with Crippen molar-refractivity contribution in [3.63, 3.8) is 0 Å². The maximum atomic E-state index is 13.0.